The van der Waals surface area contributed by atoms with E-state index in [0.717, 1.165) is 6.92 Å². The van der Waals surface area contributed by atoms with Crippen molar-refractivity contribution >= 4 is 5.97 Å². The van der Waals surface area contributed by atoms with E-state index in [1.165, 1.54) is 0 Å². The van der Waals surface area contributed by atoms with E-state index in [1.54, 1.807) is 0 Å². The van der Waals surface area contributed by atoms with Crippen molar-refractivity contribution in [3.63, 3.8) is 0 Å². The van der Waals surface area contributed by atoms with E-state index in [4.69, 9.17) is 0 Å². The van der Waals surface area contributed by atoms with Gasteiger partial charge in [-0.2, -0.15) is 57.1 Å². The molecule has 2 nitrogen and oxygen atoms in total. The van der Waals surface area contributed by atoms with Crippen molar-refractivity contribution in [2.45, 2.75) is 62.0 Å². The SMILES string of the molecule is C=CC(=O)OCCCC(CC)C(F)(F)C(F)(F)C(F)(F)C(F)(F)C(F)(F)C(F)(F)F. The summed E-state index contributed by atoms with van der Waals surface area (Å²) in [5.74, 6) is -40.8. The molecule has 0 aliphatic rings. The molecular weight excluding hydrogens is 459 g/mol. The molecule has 0 amide bonds. The molecule has 178 valence electrons. The predicted octanol–water partition coefficient (Wildman–Crippen LogP) is 6.26. The minimum atomic E-state index is -7.91. The Bertz CT molecular complexity index is 610. The van der Waals surface area contributed by atoms with Crippen LogP contribution in [0.5, 0.6) is 0 Å². The highest BCUT2D eigenvalue weighted by molar-refractivity contribution is 5.81. The molecule has 0 radical (unpaired) electrons. The highest BCUT2D eigenvalue weighted by Gasteiger charge is 2.91. The van der Waals surface area contributed by atoms with Crippen LogP contribution in [-0.4, -0.2) is 48.4 Å². The van der Waals surface area contributed by atoms with Crippen LogP contribution >= 0.6 is 0 Å². The Balaban J connectivity index is 5.91. The maximum Gasteiger partial charge on any atom is 0.460 e. The molecule has 0 aromatic carbocycles. The predicted molar refractivity (Wildman–Crippen MR) is 75.0 cm³/mol. The van der Waals surface area contributed by atoms with E-state index < -0.39 is 73.5 Å². The first kappa shape index (κ1) is 28.3. The van der Waals surface area contributed by atoms with Gasteiger partial charge in [0.05, 0.1) is 6.61 Å². The van der Waals surface area contributed by atoms with E-state index in [0.29, 0.717) is 6.08 Å². The van der Waals surface area contributed by atoms with Gasteiger partial charge in [0, 0.05) is 12.0 Å². The summed E-state index contributed by atoms with van der Waals surface area (Å²) < 4.78 is 175. The summed E-state index contributed by atoms with van der Waals surface area (Å²) in [5, 5.41) is 0. The number of hydrogen-bond donors (Lipinski definition) is 0. The zero-order valence-electron chi connectivity index (χ0n) is 14.9. The van der Waals surface area contributed by atoms with Crippen LogP contribution in [0.4, 0.5) is 57.1 Å². The van der Waals surface area contributed by atoms with Gasteiger partial charge in [0.25, 0.3) is 0 Å². The number of alkyl halides is 13. The molecule has 0 heterocycles. The molecule has 30 heavy (non-hydrogen) atoms. The standard InChI is InChI=1S/C15H15F13O2/c1-3-8(6-5-7-30-9(29)4-2)10(16,17)11(18,19)12(20,21)13(22,23)14(24,25)15(26,27)28/h4,8H,2-3,5-7H2,1H3. The van der Waals surface area contributed by atoms with Crippen LogP contribution < -0.4 is 0 Å². The summed E-state index contributed by atoms with van der Waals surface area (Å²) in [5.41, 5.74) is 0. The van der Waals surface area contributed by atoms with Crippen molar-refractivity contribution in [1.29, 1.82) is 0 Å². The number of esters is 1. The summed E-state index contributed by atoms with van der Waals surface area (Å²) in [6, 6.07) is 0. The Morgan fingerprint density at radius 2 is 1.27 bits per heavy atom. The normalized spacial score (nSPS) is 15.7. The lowest BCUT2D eigenvalue weighted by Gasteiger charge is -2.41. The van der Waals surface area contributed by atoms with E-state index in [9.17, 15) is 61.9 Å². The molecule has 0 spiro atoms. The third-order valence-electron chi connectivity index (χ3n) is 4.07. The summed E-state index contributed by atoms with van der Waals surface area (Å²) in [7, 11) is 0. The molecule has 0 saturated heterocycles. The zero-order valence-corrected chi connectivity index (χ0v) is 14.9. The maximum absolute atomic E-state index is 14.0. The average molecular weight is 474 g/mol. The fraction of sp³-hybridized carbons (Fsp3) is 0.800. The van der Waals surface area contributed by atoms with Crippen molar-refractivity contribution in [2.75, 3.05) is 6.61 Å². The lowest BCUT2D eigenvalue weighted by Crippen LogP contribution is -2.71. The number of hydrogen-bond acceptors (Lipinski definition) is 2. The average Bonchev–Trinajstić information content (AvgIpc) is 2.59. The van der Waals surface area contributed by atoms with Gasteiger partial charge in [-0.3, -0.25) is 0 Å². The molecule has 0 aromatic rings. The summed E-state index contributed by atoms with van der Waals surface area (Å²) in [6.07, 6.45) is -9.73. The largest absolute Gasteiger partial charge is 0.463 e. The fourth-order valence-electron chi connectivity index (χ4n) is 2.24. The van der Waals surface area contributed by atoms with Crippen LogP contribution in [0.15, 0.2) is 12.7 Å². The number of halogens is 13. The minimum absolute atomic E-state index is 0.628. The highest BCUT2D eigenvalue weighted by atomic mass is 19.4. The molecule has 15 heteroatoms. The first-order chi connectivity index (χ1) is 13.2. The van der Waals surface area contributed by atoms with Gasteiger partial charge in [0.15, 0.2) is 0 Å². The van der Waals surface area contributed by atoms with Crippen molar-refractivity contribution in [2.24, 2.45) is 5.92 Å². The van der Waals surface area contributed by atoms with Crippen LogP contribution in [0.3, 0.4) is 0 Å². The number of rotatable bonds is 11. The third kappa shape index (κ3) is 4.63. The molecule has 0 aliphatic carbocycles. The van der Waals surface area contributed by atoms with Crippen LogP contribution in [0.2, 0.25) is 0 Å². The second-order valence-electron chi connectivity index (χ2n) is 6.04. The van der Waals surface area contributed by atoms with Crippen LogP contribution in [0.25, 0.3) is 0 Å². The molecule has 0 fully saturated rings. The molecule has 0 saturated carbocycles. The van der Waals surface area contributed by atoms with Crippen molar-refractivity contribution in [3.05, 3.63) is 12.7 Å². The van der Waals surface area contributed by atoms with Gasteiger partial charge in [-0.25, -0.2) is 4.79 Å². The van der Waals surface area contributed by atoms with Crippen molar-refractivity contribution in [1.82, 2.24) is 0 Å². The van der Waals surface area contributed by atoms with Gasteiger partial charge in [0.1, 0.15) is 0 Å². The third-order valence-corrected chi connectivity index (χ3v) is 4.07. The summed E-state index contributed by atoms with van der Waals surface area (Å²) in [6.45, 7) is 2.98. The molecule has 0 rings (SSSR count). The summed E-state index contributed by atoms with van der Waals surface area (Å²) in [4.78, 5) is 10.7. The lowest BCUT2D eigenvalue weighted by atomic mass is 9.84. The first-order valence-electron chi connectivity index (χ1n) is 7.91. The molecule has 0 aromatic heterocycles. The van der Waals surface area contributed by atoms with Crippen LogP contribution in [0, 0.1) is 5.92 Å². The quantitative estimate of drug-likeness (QED) is 0.153. The highest BCUT2D eigenvalue weighted by Crippen LogP contribution is 2.61. The van der Waals surface area contributed by atoms with Gasteiger partial charge in [-0.1, -0.05) is 13.5 Å². The van der Waals surface area contributed by atoms with E-state index in [2.05, 4.69) is 11.3 Å². The first-order valence-corrected chi connectivity index (χ1v) is 7.91. The molecule has 0 aliphatic heterocycles. The Hall–Kier alpha value is -1.70. The van der Waals surface area contributed by atoms with Crippen LogP contribution in [0.1, 0.15) is 26.2 Å². The van der Waals surface area contributed by atoms with E-state index >= 15 is 0 Å². The number of ether oxygens (including phenoxy) is 1. The minimum Gasteiger partial charge on any atom is -0.463 e. The monoisotopic (exact) mass is 474 g/mol. The Labute approximate surface area is 161 Å². The van der Waals surface area contributed by atoms with Gasteiger partial charge < -0.3 is 4.74 Å². The van der Waals surface area contributed by atoms with E-state index in [-0.39, 0.29) is 0 Å². The number of carbonyl (C=O) groups excluding carboxylic acids is 1. The topological polar surface area (TPSA) is 26.3 Å². The molecule has 0 N–H and O–H groups in total. The smallest absolute Gasteiger partial charge is 0.460 e. The van der Waals surface area contributed by atoms with Gasteiger partial charge in [-0.05, 0) is 19.3 Å². The Morgan fingerprint density at radius 1 is 0.833 bits per heavy atom. The molecule has 1 atom stereocenters. The van der Waals surface area contributed by atoms with Gasteiger partial charge in [-0.15, -0.1) is 0 Å². The number of carbonyl (C=O) groups is 1. The Morgan fingerprint density at radius 3 is 1.63 bits per heavy atom. The molecule has 0 bridgehead atoms. The second-order valence-corrected chi connectivity index (χ2v) is 6.04. The van der Waals surface area contributed by atoms with E-state index in [1.807, 2.05) is 0 Å². The van der Waals surface area contributed by atoms with Crippen LogP contribution in [-0.2, 0) is 9.53 Å². The van der Waals surface area contributed by atoms with Gasteiger partial charge >= 0.3 is 41.8 Å². The lowest BCUT2D eigenvalue weighted by molar-refractivity contribution is -0.443. The zero-order chi connectivity index (χ0) is 24.4. The summed E-state index contributed by atoms with van der Waals surface area (Å²) >= 11 is 0. The Kier molecular flexibility index (Phi) is 8.31. The molecule has 1 unspecified atom stereocenters. The maximum atomic E-state index is 14.0. The van der Waals surface area contributed by atoms with Crippen molar-refractivity contribution in [3.8, 4) is 0 Å². The van der Waals surface area contributed by atoms with Crippen molar-refractivity contribution < 1.29 is 66.6 Å². The second kappa shape index (κ2) is 8.81. The van der Waals surface area contributed by atoms with Gasteiger partial charge in [0.2, 0.25) is 0 Å². The fourth-order valence-corrected chi connectivity index (χ4v) is 2.24. The molecular formula is C15H15F13O2.